The van der Waals surface area contributed by atoms with Crippen LogP contribution in [0.2, 0.25) is 0 Å². The van der Waals surface area contributed by atoms with E-state index in [1.54, 1.807) is 19.1 Å². The lowest BCUT2D eigenvalue weighted by molar-refractivity contribution is -0.148. The van der Waals surface area contributed by atoms with Gasteiger partial charge in [-0.3, -0.25) is 15.6 Å². The minimum atomic E-state index is -4.58. The smallest absolute Gasteiger partial charge is 0.451 e. The summed E-state index contributed by atoms with van der Waals surface area (Å²) < 4.78 is 46.0. The minimum Gasteiger partial charge on any atom is -0.456 e. The van der Waals surface area contributed by atoms with Crippen LogP contribution in [0.4, 0.5) is 13.2 Å². The van der Waals surface area contributed by atoms with Crippen molar-refractivity contribution < 1.29 is 22.4 Å². The highest BCUT2D eigenvalue weighted by atomic mass is 19.4. The summed E-state index contributed by atoms with van der Waals surface area (Å²) in [5.74, 6) is -0.0827. The number of alkyl halides is 3. The zero-order valence-electron chi connectivity index (χ0n) is 16.3. The number of carbonyl (C=O) groups excluding carboxylic acids is 1. The molecule has 2 aromatic rings. The van der Waals surface area contributed by atoms with Crippen molar-refractivity contribution in [3.8, 4) is 0 Å². The molecule has 0 aromatic carbocycles. The number of hydrogen-bond donors (Lipinski definition) is 2. The van der Waals surface area contributed by atoms with E-state index in [-0.39, 0.29) is 42.7 Å². The van der Waals surface area contributed by atoms with Gasteiger partial charge in [0.05, 0.1) is 6.04 Å². The highest BCUT2D eigenvalue weighted by Crippen LogP contribution is 2.33. The van der Waals surface area contributed by atoms with Crippen LogP contribution in [0, 0.1) is 5.92 Å². The standard InChI is InChI=1S/C18H23F3N6O2/c1-9-13(10(2)23-22-9)8-12-4-5-14(29-12)16(28)26-6-7-27-15(11(26)3)24-25-17(27)18(19,20)21/h4-5,9-11,13,22-23H,6-8H2,1-3H3. The first-order valence-electron chi connectivity index (χ1n) is 9.58. The number of aromatic nitrogens is 3. The van der Waals surface area contributed by atoms with Crippen LogP contribution in [0.5, 0.6) is 0 Å². The lowest BCUT2D eigenvalue weighted by Crippen LogP contribution is -2.41. The van der Waals surface area contributed by atoms with E-state index in [2.05, 4.69) is 34.9 Å². The molecule has 0 aliphatic carbocycles. The molecule has 2 N–H and O–H groups in total. The van der Waals surface area contributed by atoms with Crippen molar-refractivity contribution in [1.29, 1.82) is 0 Å². The normalized spacial score (nSPS) is 27.3. The summed E-state index contributed by atoms with van der Waals surface area (Å²) in [6.45, 7) is 5.90. The van der Waals surface area contributed by atoms with Crippen LogP contribution in [0.25, 0.3) is 0 Å². The predicted octanol–water partition coefficient (Wildman–Crippen LogP) is 2.15. The first kappa shape index (κ1) is 19.9. The maximum Gasteiger partial charge on any atom is 0.451 e. The number of hydrogen-bond acceptors (Lipinski definition) is 6. The number of nitrogens with zero attached hydrogens (tertiary/aromatic N) is 4. The van der Waals surface area contributed by atoms with Gasteiger partial charge in [0.25, 0.3) is 5.91 Å². The van der Waals surface area contributed by atoms with E-state index in [0.29, 0.717) is 18.1 Å². The maximum atomic E-state index is 13.1. The molecule has 2 aliphatic heterocycles. The summed E-state index contributed by atoms with van der Waals surface area (Å²) in [5.41, 5.74) is 6.37. The molecule has 4 rings (SSSR count). The van der Waals surface area contributed by atoms with Crippen LogP contribution in [0.1, 0.15) is 54.8 Å². The first-order valence-corrected chi connectivity index (χ1v) is 9.58. The Balaban J connectivity index is 1.49. The Morgan fingerprint density at radius 1 is 1.17 bits per heavy atom. The molecule has 2 aromatic heterocycles. The van der Waals surface area contributed by atoms with Crippen LogP contribution < -0.4 is 10.9 Å². The van der Waals surface area contributed by atoms with Crippen molar-refractivity contribution in [3.05, 3.63) is 35.3 Å². The molecule has 0 bridgehead atoms. The van der Waals surface area contributed by atoms with Crippen LogP contribution in [-0.2, 0) is 19.1 Å². The first-order chi connectivity index (χ1) is 13.7. The molecule has 11 heteroatoms. The van der Waals surface area contributed by atoms with Gasteiger partial charge in [-0.05, 0) is 38.8 Å². The van der Waals surface area contributed by atoms with Gasteiger partial charge in [-0.15, -0.1) is 10.2 Å². The number of rotatable bonds is 3. The second-order valence-corrected chi connectivity index (χ2v) is 7.71. The molecule has 4 heterocycles. The molecular weight excluding hydrogens is 389 g/mol. The number of amides is 1. The Morgan fingerprint density at radius 2 is 1.86 bits per heavy atom. The zero-order valence-corrected chi connectivity index (χ0v) is 16.3. The SMILES string of the molecule is CC1NNC(C)C1Cc1ccc(C(=O)N2CCn3c(nnc3C(F)(F)F)C2C)o1. The summed E-state index contributed by atoms with van der Waals surface area (Å²) in [4.78, 5) is 14.4. The summed E-state index contributed by atoms with van der Waals surface area (Å²) >= 11 is 0. The van der Waals surface area contributed by atoms with Gasteiger partial charge in [-0.2, -0.15) is 13.2 Å². The molecule has 8 nitrogen and oxygen atoms in total. The number of nitrogens with one attached hydrogen (secondary N) is 2. The third-order valence-corrected chi connectivity index (χ3v) is 5.83. The Hall–Kier alpha value is -2.40. The zero-order chi connectivity index (χ0) is 20.9. The molecule has 3 atom stereocenters. The molecule has 158 valence electrons. The Kier molecular flexibility index (Phi) is 4.89. The summed E-state index contributed by atoms with van der Waals surface area (Å²) in [6, 6.07) is 3.30. The van der Waals surface area contributed by atoms with Gasteiger partial charge in [-0.1, -0.05) is 0 Å². The van der Waals surface area contributed by atoms with E-state index in [1.807, 2.05) is 0 Å². The number of hydrazine groups is 1. The molecule has 0 radical (unpaired) electrons. The molecule has 1 fully saturated rings. The fraction of sp³-hybridized carbons (Fsp3) is 0.611. The van der Waals surface area contributed by atoms with Gasteiger partial charge >= 0.3 is 6.18 Å². The molecular formula is C18H23F3N6O2. The van der Waals surface area contributed by atoms with Crippen LogP contribution >= 0.6 is 0 Å². The second kappa shape index (κ2) is 7.13. The summed E-state index contributed by atoms with van der Waals surface area (Å²) in [6.07, 6.45) is -3.90. The van der Waals surface area contributed by atoms with Gasteiger partial charge in [0.15, 0.2) is 11.6 Å². The molecule has 1 amide bonds. The molecule has 0 saturated carbocycles. The summed E-state index contributed by atoms with van der Waals surface area (Å²) in [7, 11) is 0. The number of fused-ring (bicyclic) bond motifs is 1. The van der Waals surface area contributed by atoms with E-state index in [0.717, 1.165) is 4.57 Å². The quantitative estimate of drug-likeness (QED) is 0.803. The van der Waals surface area contributed by atoms with Crippen molar-refractivity contribution in [2.24, 2.45) is 5.92 Å². The van der Waals surface area contributed by atoms with Gasteiger partial charge < -0.3 is 13.9 Å². The van der Waals surface area contributed by atoms with Gasteiger partial charge in [0.2, 0.25) is 5.82 Å². The Labute approximate surface area is 165 Å². The van der Waals surface area contributed by atoms with Gasteiger partial charge in [0.1, 0.15) is 5.76 Å². The van der Waals surface area contributed by atoms with E-state index in [9.17, 15) is 18.0 Å². The fourth-order valence-corrected chi connectivity index (χ4v) is 4.11. The van der Waals surface area contributed by atoms with Gasteiger partial charge in [0, 0.05) is 31.6 Å². The Bertz CT molecular complexity index is 898. The van der Waals surface area contributed by atoms with Crippen molar-refractivity contribution in [1.82, 2.24) is 30.5 Å². The predicted molar refractivity (Wildman–Crippen MR) is 95.6 cm³/mol. The van der Waals surface area contributed by atoms with Crippen LogP contribution in [0.15, 0.2) is 16.5 Å². The molecule has 0 spiro atoms. The minimum absolute atomic E-state index is 0.0186. The maximum absolute atomic E-state index is 13.1. The van der Waals surface area contributed by atoms with Crippen LogP contribution in [0.3, 0.4) is 0 Å². The number of furan rings is 1. The second-order valence-electron chi connectivity index (χ2n) is 7.71. The third-order valence-electron chi connectivity index (χ3n) is 5.83. The van der Waals surface area contributed by atoms with Crippen LogP contribution in [-0.4, -0.2) is 44.2 Å². The van der Waals surface area contributed by atoms with E-state index < -0.39 is 18.0 Å². The van der Waals surface area contributed by atoms with Gasteiger partial charge in [-0.25, -0.2) is 0 Å². The summed E-state index contributed by atoms with van der Waals surface area (Å²) in [5, 5.41) is 6.95. The monoisotopic (exact) mass is 412 g/mol. The van der Waals surface area contributed by atoms with E-state index in [4.69, 9.17) is 4.42 Å². The topological polar surface area (TPSA) is 88.2 Å². The van der Waals surface area contributed by atoms with Crippen molar-refractivity contribution >= 4 is 5.91 Å². The van der Waals surface area contributed by atoms with Crippen molar-refractivity contribution in [2.45, 2.75) is 58.0 Å². The molecule has 1 saturated heterocycles. The highest BCUT2D eigenvalue weighted by molar-refractivity contribution is 5.91. The molecule has 2 aliphatic rings. The lowest BCUT2D eigenvalue weighted by Gasteiger charge is -2.33. The third kappa shape index (κ3) is 3.52. The van der Waals surface area contributed by atoms with Crippen molar-refractivity contribution in [2.75, 3.05) is 6.54 Å². The average Bonchev–Trinajstić information content (AvgIpc) is 3.36. The number of carbonyl (C=O) groups is 1. The molecule has 3 unspecified atom stereocenters. The lowest BCUT2D eigenvalue weighted by atomic mass is 9.92. The fourth-order valence-electron chi connectivity index (χ4n) is 4.11. The van der Waals surface area contributed by atoms with Crippen molar-refractivity contribution in [3.63, 3.8) is 0 Å². The Morgan fingerprint density at radius 3 is 2.52 bits per heavy atom. The van der Waals surface area contributed by atoms with E-state index in [1.165, 1.54) is 4.90 Å². The number of halogens is 3. The molecule has 29 heavy (non-hydrogen) atoms. The largest absolute Gasteiger partial charge is 0.456 e. The average molecular weight is 412 g/mol. The highest BCUT2D eigenvalue weighted by Gasteiger charge is 2.42. The van der Waals surface area contributed by atoms with E-state index >= 15 is 0 Å².